The Kier molecular flexibility index (Phi) is 3.16. The Bertz CT molecular complexity index is 390. The van der Waals surface area contributed by atoms with Gasteiger partial charge >= 0.3 is 6.18 Å². The molecular weight excluding hydrogens is 215 g/mol. The molecule has 0 unspecified atom stereocenters. The maximum atomic E-state index is 12.3. The van der Waals surface area contributed by atoms with E-state index >= 15 is 0 Å². The second kappa shape index (κ2) is 4.18. The zero-order chi connectivity index (χ0) is 11.5. The van der Waals surface area contributed by atoms with Crippen LogP contribution in [0.4, 0.5) is 13.2 Å². The Morgan fingerprint density at radius 3 is 2.73 bits per heavy atom. The average Bonchev–Trinajstić information content (AvgIpc) is 2.49. The molecule has 0 aromatic carbocycles. The molecule has 0 N–H and O–H groups in total. The fraction of sp³-hybridized carbons (Fsp3) is 0.375. The predicted molar refractivity (Wildman–Crippen MR) is 42.8 cm³/mol. The molecule has 1 aromatic rings. The minimum Gasteiger partial charge on any atom is -0.488 e. The highest BCUT2D eigenvalue weighted by atomic mass is 19.4. The summed E-state index contributed by atoms with van der Waals surface area (Å²) < 4.78 is 45.9. The molecule has 7 heteroatoms. The van der Waals surface area contributed by atoms with Crippen molar-refractivity contribution in [2.45, 2.75) is 13.1 Å². The van der Waals surface area contributed by atoms with Crippen LogP contribution in [0.1, 0.15) is 18.4 Å². The van der Waals surface area contributed by atoms with E-state index in [0.29, 0.717) is 6.08 Å². The smallest absolute Gasteiger partial charge is 0.440 e. The summed E-state index contributed by atoms with van der Waals surface area (Å²) in [6, 6.07) is 0. The molecular formula is C8H6F3NO3. The van der Waals surface area contributed by atoms with Gasteiger partial charge in [-0.3, -0.25) is 0 Å². The van der Waals surface area contributed by atoms with Crippen LogP contribution in [-0.4, -0.2) is 17.7 Å². The zero-order valence-corrected chi connectivity index (χ0v) is 7.59. The van der Waals surface area contributed by atoms with Gasteiger partial charge < -0.3 is 9.26 Å². The molecule has 0 aliphatic carbocycles. The Morgan fingerprint density at radius 2 is 2.27 bits per heavy atom. The Labute approximate surface area is 82.3 Å². The topological polar surface area (TPSA) is 52.3 Å². The molecule has 0 aliphatic rings. The Balaban J connectivity index is 3.23. The highest BCUT2D eigenvalue weighted by molar-refractivity contribution is 5.75. The van der Waals surface area contributed by atoms with Gasteiger partial charge in [0.1, 0.15) is 5.94 Å². The van der Waals surface area contributed by atoms with E-state index in [9.17, 15) is 18.0 Å². The second-order valence-corrected chi connectivity index (χ2v) is 2.42. The summed E-state index contributed by atoms with van der Waals surface area (Å²) >= 11 is 0. The SMILES string of the molecule is CCOc1c(C(F)(F)F)noc1C=C=O. The third-order valence-corrected chi connectivity index (χ3v) is 1.42. The highest BCUT2D eigenvalue weighted by Crippen LogP contribution is 2.37. The summed E-state index contributed by atoms with van der Waals surface area (Å²) in [5, 5.41) is 2.79. The molecule has 1 rings (SSSR count). The maximum absolute atomic E-state index is 12.3. The summed E-state index contributed by atoms with van der Waals surface area (Å²) in [7, 11) is 0. The van der Waals surface area contributed by atoms with Crippen molar-refractivity contribution >= 4 is 12.0 Å². The van der Waals surface area contributed by atoms with E-state index in [1.165, 1.54) is 12.9 Å². The minimum absolute atomic E-state index is 0.00396. The van der Waals surface area contributed by atoms with Crippen molar-refractivity contribution in [2.24, 2.45) is 0 Å². The van der Waals surface area contributed by atoms with E-state index in [2.05, 4.69) is 9.68 Å². The molecule has 0 fully saturated rings. The lowest BCUT2D eigenvalue weighted by atomic mass is 10.3. The Hall–Kier alpha value is -1.75. The second-order valence-electron chi connectivity index (χ2n) is 2.42. The molecule has 1 aromatic heterocycles. The predicted octanol–water partition coefficient (Wildman–Crippen LogP) is 1.94. The van der Waals surface area contributed by atoms with Crippen molar-refractivity contribution in [3.8, 4) is 5.75 Å². The number of aromatic nitrogens is 1. The average molecular weight is 221 g/mol. The van der Waals surface area contributed by atoms with Gasteiger partial charge in [-0.15, -0.1) is 0 Å². The lowest BCUT2D eigenvalue weighted by Crippen LogP contribution is -2.08. The number of carbonyl (C=O) groups excluding carboxylic acids is 1. The van der Waals surface area contributed by atoms with Gasteiger partial charge in [0.05, 0.1) is 12.7 Å². The van der Waals surface area contributed by atoms with Gasteiger partial charge in [0.2, 0.25) is 11.5 Å². The summed E-state index contributed by atoms with van der Waals surface area (Å²) in [6.45, 7) is 1.51. The molecule has 0 atom stereocenters. The van der Waals surface area contributed by atoms with Crippen LogP contribution in [0.2, 0.25) is 0 Å². The van der Waals surface area contributed by atoms with E-state index in [-0.39, 0.29) is 12.4 Å². The van der Waals surface area contributed by atoms with Crippen LogP contribution in [-0.2, 0) is 11.0 Å². The quantitative estimate of drug-likeness (QED) is 0.732. The summed E-state index contributed by atoms with van der Waals surface area (Å²) in [4.78, 5) is 9.98. The monoisotopic (exact) mass is 221 g/mol. The first kappa shape index (κ1) is 11.3. The third kappa shape index (κ3) is 2.38. The standard InChI is InChI=1S/C8H6F3NO3/c1-2-14-6-5(3-4-13)15-12-7(6)8(9,10)11/h3H,2H2,1H3. The van der Waals surface area contributed by atoms with Crippen molar-refractivity contribution < 1.29 is 27.2 Å². The van der Waals surface area contributed by atoms with Crippen LogP contribution in [0.3, 0.4) is 0 Å². The van der Waals surface area contributed by atoms with Gasteiger partial charge in [-0.05, 0) is 6.92 Å². The summed E-state index contributed by atoms with van der Waals surface area (Å²) in [6.07, 6.45) is -3.99. The number of ether oxygens (including phenoxy) is 1. The van der Waals surface area contributed by atoms with E-state index in [4.69, 9.17) is 4.74 Å². The third-order valence-electron chi connectivity index (χ3n) is 1.42. The van der Waals surface area contributed by atoms with Crippen LogP contribution in [0.5, 0.6) is 5.75 Å². The number of rotatable bonds is 3. The first-order chi connectivity index (χ1) is 7.00. The Morgan fingerprint density at radius 1 is 1.60 bits per heavy atom. The molecule has 0 saturated heterocycles. The molecule has 0 amide bonds. The lowest BCUT2D eigenvalue weighted by Gasteiger charge is -2.05. The van der Waals surface area contributed by atoms with Crippen molar-refractivity contribution in [3.05, 3.63) is 11.5 Å². The van der Waals surface area contributed by atoms with Crippen LogP contribution in [0.25, 0.3) is 6.08 Å². The maximum Gasteiger partial charge on any atom is 0.440 e. The normalized spacial score (nSPS) is 10.9. The molecule has 0 spiro atoms. The molecule has 0 aliphatic heterocycles. The van der Waals surface area contributed by atoms with Crippen LogP contribution >= 0.6 is 0 Å². The molecule has 1 heterocycles. The van der Waals surface area contributed by atoms with Gasteiger partial charge in [0, 0.05) is 0 Å². The molecule has 82 valence electrons. The van der Waals surface area contributed by atoms with Crippen molar-refractivity contribution in [3.63, 3.8) is 0 Å². The van der Waals surface area contributed by atoms with Crippen molar-refractivity contribution in [2.75, 3.05) is 6.61 Å². The first-order valence-electron chi connectivity index (χ1n) is 3.91. The molecule has 0 radical (unpaired) electrons. The highest BCUT2D eigenvalue weighted by Gasteiger charge is 2.40. The summed E-state index contributed by atoms with van der Waals surface area (Å²) in [5.41, 5.74) is -1.29. The van der Waals surface area contributed by atoms with Gasteiger partial charge in [-0.2, -0.15) is 13.2 Å². The lowest BCUT2D eigenvalue weighted by molar-refractivity contribution is -0.143. The van der Waals surface area contributed by atoms with Gasteiger partial charge in [0.15, 0.2) is 5.75 Å². The van der Waals surface area contributed by atoms with Crippen molar-refractivity contribution in [1.82, 2.24) is 5.16 Å². The van der Waals surface area contributed by atoms with Gasteiger partial charge in [0.25, 0.3) is 0 Å². The molecule has 4 nitrogen and oxygen atoms in total. The largest absolute Gasteiger partial charge is 0.488 e. The van der Waals surface area contributed by atoms with Crippen LogP contribution in [0, 0.1) is 0 Å². The molecule has 0 bridgehead atoms. The number of hydrogen-bond donors (Lipinski definition) is 0. The number of nitrogens with zero attached hydrogens (tertiary/aromatic N) is 1. The van der Waals surface area contributed by atoms with Crippen LogP contribution < -0.4 is 4.74 Å². The minimum atomic E-state index is -4.68. The van der Waals surface area contributed by atoms with E-state index < -0.39 is 17.6 Å². The molecule has 0 saturated carbocycles. The fourth-order valence-corrected chi connectivity index (χ4v) is 0.904. The van der Waals surface area contributed by atoms with E-state index in [1.54, 1.807) is 0 Å². The van der Waals surface area contributed by atoms with E-state index in [0.717, 1.165) is 0 Å². The fourth-order valence-electron chi connectivity index (χ4n) is 0.904. The number of alkyl halides is 3. The van der Waals surface area contributed by atoms with Gasteiger partial charge in [-0.1, -0.05) is 5.16 Å². The zero-order valence-electron chi connectivity index (χ0n) is 7.59. The number of hydrogen-bond acceptors (Lipinski definition) is 4. The molecule has 15 heavy (non-hydrogen) atoms. The number of halogens is 3. The van der Waals surface area contributed by atoms with Gasteiger partial charge in [-0.25, -0.2) is 4.79 Å². The van der Waals surface area contributed by atoms with Crippen LogP contribution in [0.15, 0.2) is 4.52 Å². The van der Waals surface area contributed by atoms with E-state index in [1.807, 2.05) is 0 Å². The van der Waals surface area contributed by atoms with Crippen molar-refractivity contribution in [1.29, 1.82) is 0 Å². The first-order valence-corrected chi connectivity index (χ1v) is 3.91. The summed E-state index contributed by atoms with van der Waals surface area (Å²) in [5.74, 6) is 0.312.